The van der Waals surface area contributed by atoms with Gasteiger partial charge in [-0.15, -0.1) is 11.3 Å². The van der Waals surface area contributed by atoms with E-state index in [4.69, 9.17) is 4.52 Å². The van der Waals surface area contributed by atoms with Crippen LogP contribution >= 0.6 is 11.3 Å². The number of benzene rings is 1. The van der Waals surface area contributed by atoms with Crippen LogP contribution in [0, 0.1) is 5.92 Å². The van der Waals surface area contributed by atoms with Gasteiger partial charge in [0.15, 0.2) is 0 Å². The zero-order valence-electron chi connectivity index (χ0n) is 15.2. The number of para-hydroxylation sites is 1. The van der Waals surface area contributed by atoms with Gasteiger partial charge in [-0.1, -0.05) is 29.4 Å². The fourth-order valence-electron chi connectivity index (χ4n) is 3.41. The van der Waals surface area contributed by atoms with Crippen LogP contribution in [0.5, 0.6) is 0 Å². The molecule has 6 nitrogen and oxygen atoms in total. The Balaban J connectivity index is 1.31. The maximum absolute atomic E-state index is 12.8. The molecule has 4 rings (SSSR count). The third-order valence-electron chi connectivity index (χ3n) is 4.98. The molecule has 7 heteroatoms. The fourth-order valence-corrected chi connectivity index (χ4v) is 4.06. The second-order valence-corrected chi connectivity index (χ2v) is 7.72. The minimum Gasteiger partial charge on any atom is -0.338 e. The van der Waals surface area contributed by atoms with Crippen molar-refractivity contribution in [1.29, 1.82) is 0 Å². The highest BCUT2D eigenvalue weighted by Crippen LogP contribution is 2.25. The van der Waals surface area contributed by atoms with Gasteiger partial charge in [0.2, 0.25) is 17.6 Å². The highest BCUT2D eigenvalue weighted by molar-refractivity contribution is 7.13. The van der Waals surface area contributed by atoms with E-state index in [1.807, 2.05) is 54.9 Å². The van der Waals surface area contributed by atoms with Crippen LogP contribution in [0.25, 0.3) is 10.7 Å². The Labute approximate surface area is 162 Å². The Morgan fingerprint density at radius 3 is 2.70 bits per heavy atom. The fraction of sp³-hybridized carbons (Fsp3) is 0.350. The molecule has 0 spiro atoms. The van der Waals surface area contributed by atoms with Gasteiger partial charge in [0, 0.05) is 18.7 Å². The molecule has 2 aromatic heterocycles. The van der Waals surface area contributed by atoms with Crippen LogP contribution in [0.1, 0.15) is 18.7 Å². The molecule has 0 unspecified atom stereocenters. The minimum atomic E-state index is 0.0656. The lowest BCUT2D eigenvalue weighted by Gasteiger charge is -2.32. The van der Waals surface area contributed by atoms with Crippen LogP contribution in [0.4, 0.5) is 5.69 Å². The van der Waals surface area contributed by atoms with E-state index in [1.54, 1.807) is 16.2 Å². The Morgan fingerprint density at radius 1 is 1.22 bits per heavy atom. The Kier molecular flexibility index (Phi) is 5.31. The summed E-state index contributed by atoms with van der Waals surface area (Å²) in [5.74, 6) is 1.54. The number of carbonyl (C=O) groups is 1. The summed E-state index contributed by atoms with van der Waals surface area (Å²) in [7, 11) is 1.86. The number of aromatic nitrogens is 2. The van der Waals surface area contributed by atoms with Crippen LogP contribution in [0.15, 0.2) is 52.4 Å². The van der Waals surface area contributed by atoms with Gasteiger partial charge < -0.3 is 9.42 Å². The van der Waals surface area contributed by atoms with Crippen molar-refractivity contribution in [3.8, 4) is 10.7 Å². The normalized spacial score (nSPS) is 15.7. The summed E-state index contributed by atoms with van der Waals surface area (Å²) >= 11 is 1.60. The molecular formula is C20H22N4O2S. The number of likely N-dealkylation sites (tertiary alicyclic amines) is 1. The second kappa shape index (κ2) is 8.02. The summed E-state index contributed by atoms with van der Waals surface area (Å²) in [6.45, 7) is 2.35. The van der Waals surface area contributed by atoms with Crippen LogP contribution < -0.4 is 4.90 Å². The maximum Gasteiger partial charge on any atom is 0.241 e. The molecule has 27 heavy (non-hydrogen) atoms. The Bertz CT molecular complexity index is 871. The zero-order chi connectivity index (χ0) is 18.6. The molecule has 0 radical (unpaired) electrons. The lowest BCUT2D eigenvalue weighted by Crippen LogP contribution is -2.41. The minimum absolute atomic E-state index is 0.0656. The summed E-state index contributed by atoms with van der Waals surface area (Å²) in [6, 6.07) is 13.8. The van der Waals surface area contributed by atoms with Crippen molar-refractivity contribution in [3.05, 3.63) is 53.7 Å². The number of rotatable bonds is 5. The molecule has 3 heterocycles. The SMILES string of the molecule is CN(C(=O)C1CCN(Cc2nc(-c3cccs3)no2)CC1)c1ccccc1. The van der Waals surface area contributed by atoms with Crippen molar-refractivity contribution in [2.45, 2.75) is 19.4 Å². The number of hydrogen-bond acceptors (Lipinski definition) is 6. The predicted octanol–water partition coefficient (Wildman–Crippen LogP) is 3.67. The number of piperidine rings is 1. The first-order valence-electron chi connectivity index (χ1n) is 9.12. The molecule has 0 N–H and O–H groups in total. The molecule has 1 aliphatic rings. The van der Waals surface area contributed by atoms with E-state index in [2.05, 4.69) is 15.0 Å². The van der Waals surface area contributed by atoms with Gasteiger partial charge in [-0.2, -0.15) is 4.98 Å². The summed E-state index contributed by atoms with van der Waals surface area (Å²) in [4.78, 5) is 22.3. The van der Waals surface area contributed by atoms with Crippen molar-refractivity contribution in [3.63, 3.8) is 0 Å². The summed E-state index contributed by atoms with van der Waals surface area (Å²) < 4.78 is 5.39. The lowest BCUT2D eigenvalue weighted by molar-refractivity contribution is -0.123. The first-order valence-corrected chi connectivity index (χ1v) is 10.00. The summed E-state index contributed by atoms with van der Waals surface area (Å²) in [5, 5.41) is 6.06. The molecule has 1 aromatic carbocycles. The van der Waals surface area contributed by atoms with E-state index in [-0.39, 0.29) is 11.8 Å². The molecule has 0 saturated carbocycles. The summed E-state index contributed by atoms with van der Waals surface area (Å²) in [6.07, 6.45) is 1.70. The van der Waals surface area contributed by atoms with Crippen molar-refractivity contribution >= 4 is 22.9 Å². The lowest BCUT2D eigenvalue weighted by atomic mass is 9.95. The quantitative estimate of drug-likeness (QED) is 0.674. The van der Waals surface area contributed by atoms with Gasteiger partial charge >= 0.3 is 0 Å². The Hall–Kier alpha value is -2.51. The first-order chi connectivity index (χ1) is 13.2. The highest BCUT2D eigenvalue weighted by atomic mass is 32.1. The third kappa shape index (κ3) is 4.09. The number of anilines is 1. The van der Waals surface area contributed by atoms with Crippen molar-refractivity contribution < 1.29 is 9.32 Å². The maximum atomic E-state index is 12.8. The summed E-state index contributed by atoms with van der Waals surface area (Å²) in [5.41, 5.74) is 0.942. The van der Waals surface area contributed by atoms with E-state index in [0.717, 1.165) is 36.5 Å². The van der Waals surface area contributed by atoms with Gasteiger partial charge in [-0.05, 0) is 49.5 Å². The molecule has 0 bridgehead atoms. The van der Waals surface area contributed by atoms with Crippen molar-refractivity contribution in [2.75, 3.05) is 25.0 Å². The van der Waals surface area contributed by atoms with Gasteiger partial charge in [-0.3, -0.25) is 9.69 Å². The van der Waals surface area contributed by atoms with Gasteiger partial charge in [0.25, 0.3) is 0 Å². The van der Waals surface area contributed by atoms with Crippen molar-refractivity contribution in [2.24, 2.45) is 5.92 Å². The topological polar surface area (TPSA) is 62.5 Å². The Morgan fingerprint density at radius 2 is 2.00 bits per heavy atom. The van der Waals surface area contributed by atoms with Crippen LogP contribution in [0.2, 0.25) is 0 Å². The number of nitrogens with zero attached hydrogens (tertiary/aromatic N) is 4. The van der Waals surface area contributed by atoms with E-state index in [1.165, 1.54) is 0 Å². The van der Waals surface area contributed by atoms with Crippen LogP contribution in [0.3, 0.4) is 0 Å². The second-order valence-electron chi connectivity index (χ2n) is 6.77. The standard InChI is InChI=1S/C20H22N4O2S/c1-23(16-6-3-2-4-7-16)20(25)15-9-11-24(12-10-15)14-18-21-19(22-26-18)17-8-5-13-27-17/h2-8,13,15H,9-12,14H2,1H3. The molecular weight excluding hydrogens is 360 g/mol. The van der Waals surface area contributed by atoms with E-state index in [9.17, 15) is 4.79 Å². The third-order valence-corrected chi connectivity index (χ3v) is 5.85. The molecule has 3 aromatic rings. The van der Waals surface area contributed by atoms with Gasteiger partial charge in [0.1, 0.15) is 0 Å². The van der Waals surface area contributed by atoms with Gasteiger partial charge in [-0.25, -0.2) is 0 Å². The monoisotopic (exact) mass is 382 g/mol. The number of hydrogen-bond donors (Lipinski definition) is 0. The van der Waals surface area contributed by atoms with Crippen LogP contribution in [-0.4, -0.2) is 41.1 Å². The average molecular weight is 382 g/mol. The smallest absolute Gasteiger partial charge is 0.241 e. The predicted molar refractivity (Wildman–Crippen MR) is 105 cm³/mol. The number of amides is 1. The molecule has 1 fully saturated rings. The zero-order valence-corrected chi connectivity index (χ0v) is 16.1. The number of thiophene rings is 1. The van der Waals surface area contributed by atoms with E-state index < -0.39 is 0 Å². The molecule has 1 amide bonds. The number of carbonyl (C=O) groups excluding carboxylic acids is 1. The van der Waals surface area contributed by atoms with Crippen molar-refractivity contribution in [1.82, 2.24) is 15.0 Å². The highest BCUT2D eigenvalue weighted by Gasteiger charge is 2.28. The van der Waals surface area contributed by atoms with Crippen LogP contribution in [-0.2, 0) is 11.3 Å². The first kappa shape index (κ1) is 17.9. The van der Waals surface area contributed by atoms with E-state index in [0.29, 0.717) is 18.3 Å². The molecule has 0 aliphatic carbocycles. The van der Waals surface area contributed by atoms with Gasteiger partial charge in [0.05, 0.1) is 11.4 Å². The molecule has 1 saturated heterocycles. The molecule has 0 atom stereocenters. The molecule has 140 valence electrons. The molecule has 1 aliphatic heterocycles. The largest absolute Gasteiger partial charge is 0.338 e. The van der Waals surface area contributed by atoms with E-state index >= 15 is 0 Å². The average Bonchev–Trinajstić information content (AvgIpc) is 3.40.